The molecule has 0 aliphatic heterocycles. The second kappa shape index (κ2) is 5.26. The lowest BCUT2D eigenvalue weighted by atomic mass is 10.2. The van der Waals surface area contributed by atoms with Crippen LogP contribution in [-0.2, 0) is 0 Å². The summed E-state index contributed by atoms with van der Waals surface area (Å²) in [5.74, 6) is -0.221. The Morgan fingerprint density at radius 3 is 2.90 bits per heavy atom. The number of aromatic nitrogens is 2. The zero-order chi connectivity index (χ0) is 13.9. The molecule has 0 saturated carbocycles. The maximum absolute atomic E-state index is 12.2. The summed E-state index contributed by atoms with van der Waals surface area (Å²) in [7, 11) is 1.77. The van der Waals surface area contributed by atoms with Crippen molar-refractivity contribution in [3.8, 4) is 0 Å². The van der Waals surface area contributed by atoms with Crippen LogP contribution < -0.4 is 10.6 Å². The minimum absolute atomic E-state index is 0.221. The summed E-state index contributed by atoms with van der Waals surface area (Å²) in [4.78, 5) is 20.6. The Morgan fingerprint density at radius 1 is 1.25 bits per heavy atom. The monoisotopic (exact) mass is 284 g/mol. The van der Waals surface area contributed by atoms with Crippen LogP contribution in [-0.4, -0.2) is 22.9 Å². The maximum Gasteiger partial charge on any atom is 0.261 e. The first-order valence-corrected chi connectivity index (χ1v) is 6.88. The standard InChI is InChI=1S/C14H12N4OS/c1-15-10-6-7-16-8-9(10)13(19)18-14-17-11-4-2-3-5-12(11)20-14/h2-8H,1H3,(H,15,16)(H,17,18,19). The first-order valence-electron chi connectivity index (χ1n) is 6.06. The normalized spacial score (nSPS) is 10.4. The van der Waals surface area contributed by atoms with Gasteiger partial charge in [-0.1, -0.05) is 23.5 Å². The van der Waals surface area contributed by atoms with Gasteiger partial charge in [-0.05, 0) is 18.2 Å². The number of amides is 1. The third-order valence-electron chi connectivity index (χ3n) is 2.85. The van der Waals surface area contributed by atoms with Crippen LogP contribution >= 0.6 is 11.3 Å². The lowest BCUT2D eigenvalue weighted by Gasteiger charge is -2.06. The van der Waals surface area contributed by atoms with Gasteiger partial charge in [0.15, 0.2) is 5.13 Å². The molecular formula is C14H12N4OS. The Balaban J connectivity index is 1.88. The van der Waals surface area contributed by atoms with Crippen molar-refractivity contribution in [1.29, 1.82) is 0 Å². The summed E-state index contributed by atoms with van der Waals surface area (Å²) in [6.45, 7) is 0. The van der Waals surface area contributed by atoms with Crippen LogP contribution in [0.3, 0.4) is 0 Å². The number of pyridine rings is 1. The molecule has 0 saturated heterocycles. The quantitative estimate of drug-likeness (QED) is 0.776. The third kappa shape index (κ3) is 2.33. The number of benzene rings is 1. The molecule has 0 unspecified atom stereocenters. The molecule has 20 heavy (non-hydrogen) atoms. The summed E-state index contributed by atoms with van der Waals surface area (Å²) < 4.78 is 1.04. The average molecular weight is 284 g/mol. The zero-order valence-corrected chi connectivity index (χ0v) is 11.6. The minimum Gasteiger partial charge on any atom is -0.387 e. The largest absolute Gasteiger partial charge is 0.387 e. The fraction of sp³-hybridized carbons (Fsp3) is 0.0714. The van der Waals surface area contributed by atoms with Gasteiger partial charge in [0.2, 0.25) is 0 Å². The molecule has 100 valence electrons. The SMILES string of the molecule is CNc1ccncc1C(=O)Nc1nc2ccccc2s1. The molecule has 0 bridgehead atoms. The average Bonchev–Trinajstić information content (AvgIpc) is 2.89. The molecule has 2 N–H and O–H groups in total. The van der Waals surface area contributed by atoms with Crippen LogP contribution in [0.2, 0.25) is 0 Å². The summed E-state index contributed by atoms with van der Waals surface area (Å²) in [6.07, 6.45) is 3.18. The molecule has 0 atom stereocenters. The number of rotatable bonds is 3. The van der Waals surface area contributed by atoms with Crippen LogP contribution in [0.15, 0.2) is 42.7 Å². The van der Waals surface area contributed by atoms with Crippen molar-refractivity contribution in [2.24, 2.45) is 0 Å². The van der Waals surface area contributed by atoms with Crippen LogP contribution in [0.4, 0.5) is 10.8 Å². The number of nitrogens with one attached hydrogen (secondary N) is 2. The topological polar surface area (TPSA) is 66.9 Å². The number of hydrogen-bond donors (Lipinski definition) is 2. The van der Waals surface area contributed by atoms with E-state index in [1.807, 2.05) is 24.3 Å². The number of carbonyl (C=O) groups excluding carboxylic acids is 1. The van der Waals surface area contributed by atoms with Gasteiger partial charge in [0.1, 0.15) is 0 Å². The van der Waals surface area contributed by atoms with E-state index in [1.54, 1.807) is 19.3 Å². The van der Waals surface area contributed by atoms with E-state index in [1.165, 1.54) is 17.5 Å². The van der Waals surface area contributed by atoms with E-state index < -0.39 is 0 Å². The molecule has 6 heteroatoms. The van der Waals surface area contributed by atoms with Gasteiger partial charge in [-0.2, -0.15) is 0 Å². The van der Waals surface area contributed by atoms with Crippen molar-refractivity contribution < 1.29 is 4.79 Å². The van der Waals surface area contributed by atoms with Gasteiger partial charge < -0.3 is 5.32 Å². The number of para-hydroxylation sites is 1. The van der Waals surface area contributed by atoms with E-state index in [0.29, 0.717) is 10.7 Å². The number of hydrogen-bond acceptors (Lipinski definition) is 5. The molecule has 0 aliphatic rings. The number of nitrogens with zero attached hydrogens (tertiary/aromatic N) is 2. The molecule has 1 amide bonds. The van der Waals surface area contributed by atoms with E-state index in [2.05, 4.69) is 20.6 Å². The molecule has 0 fully saturated rings. The number of fused-ring (bicyclic) bond motifs is 1. The smallest absolute Gasteiger partial charge is 0.261 e. The summed E-state index contributed by atoms with van der Waals surface area (Å²) in [5, 5.41) is 6.37. The van der Waals surface area contributed by atoms with Crippen molar-refractivity contribution in [1.82, 2.24) is 9.97 Å². The number of carbonyl (C=O) groups is 1. The molecule has 1 aromatic carbocycles. The minimum atomic E-state index is -0.221. The highest BCUT2D eigenvalue weighted by Crippen LogP contribution is 2.26. The molecule has 3 rings (SSSR count). The Hall–Kier alpha value is -2.47. The fourth-order valence-electron chi connectivity index (χ4n) is 1.88. The molecule has 0 aliphatic carbocycles. The third-order valence-corrected chi connectivity index (χ3v) is 3.80. The van der Waals surface area contributed by atoms with Crippen molar-refractivity contribution in [2.45, 2.75) is 0 Å². The van der Waals surface area contributed by atoms with Crippen LogP contribution in [0, 0.1) is 0 Å². The second-order valence-corrected chi connectivity index (χ2v) is 5.14. The maximum atomic E-state index is 12.2. The summed E-state index contributed by atoms with van der Waals surface area (Å²) in [5.41, 5.74) is 2.11. The van der Waals surface area contributed by atoms with E-state index in [-0.39, 0.29) is 5.91 Å². The highest BCUT2D eigenvalue weighted by molar-refractivity contribution is 7.22. The Kier molecular flexibility index (Phi) is 3.30. The van der Waals surface area contributed by atoms with Crippen LogP contribution in [0.1, 0.15) is 10.4 Å². The molecule has 2 aromatic heterocycles. The van der Waals surface area contributed by atoms with Gasteiger partial charge >= 0.3 is 0 Å². The zero-order valence-electron chi connectivity index (χ0n) is 10.8. The Bertz CT molecular complexity index is 735. The number of thiazole rings is 1. The molecule has 5 nitrogen and oxygen atoms in total. The van der Waals surface area contributed by atoms with Crippen LogP contribution in [0.25, 0.3) is 10.2 Å². The Morgan fingerprint density at radius 2 is 2.10 bits per heavy atom. The van der Waals surface area contributed by atoms with E-state index in [9.17, 15) is 4.79 Å². The molecule has 2 heterocycles. The summed E-state index contributed by atoms with van der Waals surface area (Å²) >= 11 is 1.45. The predicted octanol–water partition coefficient (Wildman–Crippen LogP) is 2.99. The molecule has 0 radical (unpaired) electrons. The summed E-state index contributed by atoms with van der Waals surface area (Å²) in [6, 6.07) is 9.53. The van der Waals surface area contributed by atoms with E-state index in [0.717, 1.165) is 15.9 Å². The second-order valence-electron chi connectivity index (χ2n) is 4.11. The first kappa shape index (κ1) is 12.6. The molecule has 3 aromatic rings. The van der Waals surface area contributed by atoms with Gasteiger partial charge in [-0.3, -0.25) is 15.1 Å². The van der Waals surface area contributed by atoms with Crippen molar-refractivity contribution >= 4 is 38.3 Å². The fourth-order valence-corrected chi connectivity index (χ4v) is 2.74. The Labute approximate surface area is 119 Å². The first-order chi connectivity index (χ1) is 9.78. The lowest BCUT2D eigenvalue weighted by Crippen LogP contribution is -2.14. The van der Waals surface area contributed by atoms with E-state index >= 15 is 0 Å². The van der Waals surface area contributed by atoms with Gasteiger partial charge in [0.25, 0.3) is 5.91 Å². The molecular weight excluding hydrogens is 272 g/mol. The van der Waals surface area contributed by atoms with Crippen molar-refractivity contribution in [2.75, 3.05) is 17.7 Å². The van der Waals surface area contributed by atoms with Gasteiger partial charge in [0.05, 0.1) is 15.8 Å². The highest BCUT2D eigenvalue weighted by Gasteiger charge is 2.13. The van der Waals surface area contributed by atoms with Crippen molar-refractivity contribution in [3.05, 3.63) is 48.3 Å². The predicted molar refractivity (Wildman–Crippen MR) is 81.4 cm³/mol. The lowest BCUT2D eigenvalue weighted by molar-refractivity contribution is 0.102. The van der Waals surface area contributed by atoms with Gasteiger partial charge in [-0.15, -0.1) is 0 Å². The van der Waals surface area contributed by atoms with Crippen molar-refractivity contribution in [3.63, 3.8) is 0 Å². The van der Waals surface area contributed by atoms with Crippen LogP contribution in [0.5, 0.6) is 0 Å². The van der Waals surface area contributed by atoms with Gasteiger partial charge in [-0.25, -0.2) is 4.98 Å². The van der Waals surface area contributed by atoms with E-state index in [4.69, 9.17) is 0 Å². The van der Waals surface area contributed by atoms with Gasteiger partial charge in [0, 0.05) is 25.1 Å². The molecule has 0 spiro atoms. The number of anilines is 2. The highest BCUT2D eigenvalue weighted by atomic mass is 32.1.